The Morgan fingerprint density at radius 1 is 1.11 bits per heavy atom. The van der Waals surface area contributed by atoms with Crippen LogP contribution in [0.2, 0.25) is 0 Å². The Kier molecular flexibility index (Phi) is 6.10. The van der Waals surface area contributed by atoms with Crippen LogP contribution < -0.4 is 9.64 Å². The van der Waals surface area contributed by atoms with Crippen LogP contribution in [-0.4, -0.2) is 45.7 Å². The van der Waals surface area contributed by atoms with Crippen LogP contribution >= 0.6 is 0 Å². The first-order valence-electron chi connectivity index (χ1n) is 12.9. The van der Waals surface area contributed by atoms with E-state index in [0.717, 1.165) is 46.3 Å². The summed E-state index contributed by atoms with van der Waals surface area (Å²) in [7, 11) is 0. The van der Waals surface area contributed by atoms with Crippen molar-refractivity contribution < 1.29 is 19.1 Å². The predicted molar refractivity (Wildman–Crippen MR) is 142 cm³/mol. The minimum Gasteiger partial charge on any atom is -0.493 e. The molecule has 1 aliphatic heterocycles. The number of benzene rings is 2. The molecule has 3 heterocycles. The molecule has 0 radical (unpaired) electrons. The number of carboxylic acids is 1. The van der Waals surface area contributed by atoms with Crippen LogP contribution in [0.5, 0.6) is 5.75 Å². The summed E-state index contributed by atoms with van der Waals surface area (Å²) in [5.74, 6) is 1.99. The summed E-state index contributed by atoms with van der Waals surface area (Å²) in [6, 6.07) is 17.9. The molecule has 6 rings (SSSR count). The SMILES string of the molecule is Cc1cncc(N2C[C@H](C(=O)O)C3(C[C@@H]3c3ccc(OCCc4nc(-c5ccccc5)oc4C)cc3)C2)n1. The lowest BCUT2D eigenvalue weighted by Gasteiger charge is -2.17. The van der Waals surface area contributed by atoms with Crippen LogP contribution in [0.3, 0.4) is 0 Å². The fourth-order valence-corrected chi connectivity index (χ4v) is 5.79. The van der Waals surface area contributed by atoms with Crippen molar-refractivity contribution in [2.75, 3.05) is 24.6 Å². The first-order chi connectivity index (χ1) is 18.4. The van der Waals surface area contributed by atoms with Gasteiger partial charge in [-0.25, -0.2) is 9.97 Å². The molecule has 2 aromatic carbocycles. The van der Waals surface area contributed by atoms with Gasteiger partial charge in [-0.15, -0.1) is 0 Å². The third kappa shape index (κ3) is 4.51. The van der Waals surface area contributed by atoms with E-state index in [9.17, 15) is 9.90 Å². The van der Waals surface area contributed by atoms with Gasteiger partial charge in [0.1, 0.15) is 17.3 Å². The molecule has 3 atom stereocenters. The van der Waals surface area contributed by atoms with Gasteiger partial charge >= 0.3 is 5.97 Å². The molecule has 4 aromatic rings. The molecule has 1 aliphatic carbocycles. The Labute approximate surface area is 221 Å². The van der Waals surface area contributed by atoms with Crippen LogP contribution in [0.15, 0.2) is 71.4 Å². The zero-order valence-electron chi connectivity index (χ0n) is 21.5. The molecule has 1 spiro atoms. The number of ether oxygens (including phenoxy) is 1. The van der Waals surface area contributed by atoms with Gasteiger partial charge in [0.2, 0.25) is 5.89 Å². The summed E-state index contributed by atoms with van der Waals surface area (Å²) in [5.41, 5.74) is 3.55. The zero-order valence-corrected chi connectivity index (χ0v) is 21.5. The highest BCUT2D eigenvalue weighted by molar-refractivity contribution is 5.75. The minimum atomic E-state index is -0.742. The van der Waals surface area contributed by atoms with E-state index < -0.39 is 11.9 Å². The largest absolute Gasteiger partial charge is 0.493 e. The average molecular weight is 511 g/mol. The van der Waals surface area contributed by atoms with Gasteiger partial charge in [-0.2, -0.15) is 0 Å². The number of nitrogens with zero attached hydrogens (tertiary/aromatic N) is 4. The molecule has 0 amide bonds. The molecule has 1 saturated heterocycles. The summed E-state index contributed by atoms with van der Waals surface area (Å²) in [4.78, 5) is 27.7. The van der Waals surface area contributed by atoms with Crippen molar-refractivity contribution in [1.82, 2.24) is 15.0 Å². The lowest BCUT2D eigenvalue weighted by atomic mass is 9.88. The number of rotatable bonds is 8. The predicted octanol–water partition coefficient (Wildman–Crippen LogP) is 5.06. The second kappa shape index (κ2) is 9.59. The van der Waals surface area contributed by atoms with Crippen molar-refractivity contribution >= 4 is 11.8 Å². The topological polar surface area (TPSA) is 102 Å². The van der Waals surface area contributed by atoms with Crippen LogP contribution in [0.25, 0.3) is 11.5 Å². The molecule has 38 heavy (non-hydrogen) atoms. The summed E-state index contributed by atoms with van der Waals surface area (Å²) < 4.78 is 11.8. The first-order valence-corrected chi connectivity index (χ1v) is 12.9. The van der Waals surface area contributed by atoms with E-state index in [0.29, 0.717) is 32.0 Å². The van der Waals surface area contributed by atoms with Crippen LogP contribution in [0.1, 0.15) is 35.1 Å². The molecule has 8 heteroatoms. The number of carbonyl (C=O) groups is 1. The number of oxazole rings is 1. The van der Waals surface area contributed by atoms with Gasteiger partial charge in [0.25, 0.3) is 0 Å². The maximum Gasteiger partial charge on any atom is 0.308 e. The average Bonchev–Trinajstić information content (AvgIpc) is 3.30. The van der Waals surface area contributed by atoms with Gasteiger partial charge in [0.15, 0.2) is 0 Å². The van der Waals surface area contributed by atoms with E-state index >= 15 is 0 Å². The standard InChI is InChI=1S/C30H30N4O4/c1-19-15-31-16-27(32-19)34-17-25(29(35)36)30(18-34)14-24(30)21-8-10-23(11-9-21)37-13-12-26-20(2)38-28(33-26)22-6-4-3-5-7-22/h3-11,15-16,24-25H,12-14,17-18H2,1-2H3,(H,35,36)/t24-,25-,30?/m1/s1. The minimum absolute atomic E-state index is 0.203. The van der Waals surface area contributed by atoms with Crippen molar-refractivity contribution in [2.24, 2.45) is 11.3 Å². The van der Waals surface area contributed by atoms with Gasteiger partial charge in [-0.05, 0) is 56.0 Å². The van der Waals surface area contributed by atoms with Gasteiger partial charge < -0.3 is 19.2 Å². The summed E-state index contributed by atoms with van der Waals surface area (Å²) in [6.45, 7) is 5.44. The molecule has 8 nitrogen and oxygen atoms in total. The second-order valence-corrected chi connectivity index (χ2v) is 10.3. The number of hydrogen-bond donors (Lipinski definition) is 1. The monoisotopic (exact) mass is 510 g/mol. The molecule has 1 unspecified atom stereocenters. The Balaban J connectivity index is 1.08. The summed E-state index contributed by atoms with van der Waals surface area (Å²) in [5, 5.41) is 10.00. The Bertz CT molecular complexity index is 1450. The quantitative estimate of drug-likeness (QED) is 0.351. The highest BCUT2D eigenvalue weighted by atomic mass is 16.5. The summed E-state index contributed by atoms with van der Waals surface area (Å²) >= 11 is 0. The van der Waals surface area contributed by atoms with Crippen LogP contribution in [0.4, 0.5) is 5.82 Å². The van der Waals surface area contributed by atoms with E-state index in [4.69, 9.17) is 9.15 Å². The third-order valence-electron chi connectivity index (χ3n) is 7.87. The van der Waals surface area contributed by atoms with E-state index in [1.54, 1.807) is 12.4 Å². The molecule has 2 aromatic heterocycles. The van der Waals surface area contributed by atoms with Gasteiger partial charge in [-0.1, -0.05) is 30.3 Å². The molecular weight excluding hydrogens is 480 g/mol. The maximum atomic E-state index is 12.2. The van der Waals surface area contributed by atoms with Gasteiger partial charge in [0.05, 0.1) is 30.1 Å². The van der Waals surface area contributed by atoms with Crippen molar-refractivity contribution in [2.45, 2.75) is 32.6 Å². The number of hydrogen-bond acceptors (Lipinski definition) is 7. The van der Waals surface area contributed by atoms with Crippen molar-refractivity contribution in [3.63, 3.8) is 0 Å². The fourth-order valence-electron chi connectivity index (χ4n) is 5.79. The number of carboxylic acid groups (broad SMARTS) is 1. The summed E-state index contributed by atoms with van der Waals surface area (Å²) in [6.07, 6.45) is 4.93. The van der Waals surface area contributed by atoms with Crippen LogP contribution in [0, 0.1) is 25.2 Å². The highest BCUT2D eigenvalue weighted by Gasteiger charge is 2.65. The fraction of sp³-hybridized carbons (Fsp3) is 0.333. The van der Waals surface area contributed by atoms with E-state index in [-0.39, 0.29) is 11.3 Å². The molecule has 1 N–H and O–H groups in total. The number of aryl methyl sites for hydroxylation is 2. The lowest BCUT2D eigenvalue weighted by Crippen LogP contribution is -2.25. The van der Waals surface area contributed by atoms with Gasteiger partial charge in [-0.3, -0.25) is 9.78 Å². The normalized spacial score (nSPS) is 22.1. The Morgan fingerprint density at radius 3 is 2.63 bits per heavy atom. The van der Waals surface area contributed by atoms with E-state index in [1.807, 2.05) is 56.3 Å². The number of aromatic nitrogens is 3. The zero-order chi connectivity index (χ0) is 26.3. The van der Waals surface area contributed by atoms with Gasteiger partial charge in [0, 0.05) is 36.7 Å². The third-order valence-corrected chi connectivity index (χ3v) is 7.87. The maximum absolute atomic E-state index is 12.2. The smallest absolute Gasteiger partial charge is 0.308 e. The first kappa shape index (κ1) is 24.2. The molecule has 0 bridgehead atoms. The van der Waals surface area contributed by atoms with Crippen molar-refractivity contribution in [1.29, 1.82) is 0 Å². The Hall–Kier alpha value is -4.20. The molecule has 2 aliphatic rings. The van der Waals surface area contributed by atoms with Crippen molar-refractivity contribution in [3.05, 3.63) is 89.7 Å². The number of anilines is 1. The Morgan fingerprint density at radius 2 is 1.89 bits per heavy atom. The van der Waals surface area contributed by atoms with Crippen molar-refractivity contribution in [3.8, 4) is 17.2 Å². The molecule has 194 valence electrons. The molecular formula is C30H30N4O4. The van der Waals surface area contributed by atoms with Crippen LogP contribution in [-0.2, 0) is 11.2 Å². The molecule has 1 saturated carbocycles. The lowest BCUT2D eigenvalue weighted by molar-refractivity contribution is -0.142. The van der Waals surface area contributed by atoms with E-state index in [2.05, 4.69) is 32.0 Å². The number of aliphatic carboxylic acids is 1. The second-order valence-electron chi connectivity index (χ2n) is 10.3. The molecule has 2 fully saturated rings. The van der Waals surface area contributed by atoms with E-state index in [1.165, 1.54) is 0 Å². The highest BCUT2D eigenvalue weighted by Crippen LogP contribution is 2.66.